The molecule has 0 radical (unpaired) electrons. The van der Waals surface area contributed by atoms with Gasteiger partial charge in [0.05, 0.1) is 19.9 Å². The normalized spacial score (nSPS) is 12.3. The van der Waals surface area contributed by atoms with Crippen LogP contribution in [0.4, 0.5) is 10.8 Å². The van der Waals surface area contributed by atoms with Crippen molar-refractivity contribution in [2.75, 3.05) is 19.5 Å². The van der Waals surface area contributed by atoms with Crippen LogP contribution in [0.5, 0.6) is 11.5 Å². The van der Waals surface area contributed by atoms with Crippen molar-refractivity contribution in [2.24, 2.45) is 0 Å². The number of aryl methyl sites for hydroxylation is 1. The smallest absolute Gasteiger partial charge is 0.187 e. The molecule has 25 heavy (non-hydrogen) atoms. The van der Waals surface area contributed by atoms with E-state index in [0.717, 1.165) is 50.9 Å². The van der Waals surface area contributed by atoms with Crippen molar-refractivity contribution in [2.45, 2.75) is 12.8 Å². The number of ether oxygens (including phenoxy) is 2. The number of rotatable bonds is 4. The predicted octanol–water partition coefficient (Wildman–Crippen LogP) is 5.43. The van der Waals surface area contributed by atoms with Crippen molar-refractivity contribution < 1.29 is 9.47 Å². The number of halogens is 1. The molecule has 4 nitrogen and oxygen atoms in total. The van der Waals surface area contributed by atoms with E-state index < -0.39 is 0 Å². The van der Waals surface area contributed by atoms with Crippen LogP contribution in [0.3, 0.4) is 0 Å². The standard InChI is InChI=1S/C19H17BrN2O2S/c1-23-12-5-3-11(4-6-12)21-19-22-18-16(25-19)10-7-13-14(20)8-9-15(24-2)17(13)18/h3-6,8-9H,7,10H2,1-2H3,(H,21,22). The van der Waals surface area contributed by atoms with E-state index in [1.165, 1.54) is 10.4 Å². The summed E-state index contributed by atoms with van der Waals surface area (Å²) in [7, 11) is 3.38. The molecule has 0 saturated carbocycles. The molecule has 0 bridgehead atoms. The van der Waals surface area contributed by atoms with Gasteiger partial charge in [0, 0.05) is 20.6 Å². The Morgan fingerprint density at radius 2 is 1.84 bits per heavy atom. The summed E-state index contributed by atoms with van der Waals surface area (Å²) in [5.41, 5.74) is 4.40. The molecule has 0 amide bonds. The molecule has 2 aromatic carbocycles. The van der Waals surface area contributed by atoms with E-state index in [9.17, 15) is 0 Å². The third kappa shape index (κ3) is 3.00. The number of nitrogens with zero attached hydrogens (tertiary/aromatic N) is 1. The molecule has 0 fully saturated rings. The molecule has 1 N–H and O–H groups in total. The predicted molar refractivity (Wildman–Crippen MR) is 105 cm³/mol. The zero-order valence-electron chi connectivity index (χ0n) is 13.9. The van der Waals surface area contributed by atoms with Crippen LogP contribution >= 0.6 is 27.3 Å². The SMILES string of the molecule is COc1ccc(Nc2nc3c(s2)CCc2c(Br)ccc(OC)c2-3)cc1. The average Bonchev–Trinajstić information content (AvgIpc) is 3.05. The Morgan fingerprint density at radius 1 is 1.04 bits per heavy atom. The zero-order valence-corrected chi connectivity index (χ0v) is 16.3. The second-order valence-electron chi connectivity index (χ2n) is 5.75. The quantitative estimate of drug-likeness (QED) is 0.615. The van der Waals surface area contributed by atoms with Crippen molar-refractivity contribution in [1.82, 2.24) is 4.98 Å². The maximum Gasteiger partial charge on any atom is 0.187 e. The van der Waals surface area contributed by atoms with E-state index >= 15 is 0 Å². The van der Waals surface area contributed by atoms with Crippen molar-refractivity contribution in [3.8, 4) is 22.8 Å². The lowest BCUT2D eigenvalue weighted by molar-refractivity contribution is 0.415. The fourth-order valence-corrected chi connectivity index (χ4v) is 4.60. The molecule has 0 aliphatic heterocycles. The van der Waals surface area contributed by atoms with Gasteiger partial charge in [-0.25, -0.2) is 4.98 Å². The van der Waals surface area contributed by atoms with Gasteiger partial charge >= 0.3 is 0 Å². The summed E-state index contributed by atoms with van der Waals surface area (Å²) in [5.74, 6) is 1.72. The Bertz CT molecular complexity index is 922. The molecule has 1 heterocycles. The molecular formula is C19H17BrN2O2S. The lowest BCUT2D eigenvalue weighted by Crippen LogP contribution is -2.05. The molecule has 0 unspecified atom stereocenters. The molecule has 4 rings (SSSR count). The maximum absolute atomic E-state index is 5.59. The van der Waals surface area contributed by atoms with Crippen LogP contribution in [0.1, 0.15) is 10.4 Å². The monoisotopic (exact) mass is 416 g/mol. The van der Waals surface area contributed by atoms with Gasteiger partial charge in [-0.05, 0) is 54.8 Å². The summed E-state index contributed by atoms with van der Waals surface area (Å²) in [6, 6.07) is 11.9. The molecule has 3 aromatic rings. The lowest BCUT2D eigenvalue weighted by Gasteiger charge is -2.19. The molecule has 1 aromatic heterocycles. The number of benzene rings is 2. The van der Waals surface area contributed by atoms with E-state index in [2.05, 4.69) is 21.2 Å². The fraction of sp³-hybridized carbons (Fsp3) is 0.211. The lowest BCUT2D eigenvalue weighted by atomic mass is 9.93. The Kier molecular flexibility index (Phi) is 4.39. The molecule has 0 atom stereocenters. The second-order valence-corrected chi connectivity index (χ2v) is 7.69. The number of aromatic nitrogens is 1. The molecule has 1 aliphatic rings. The van der Waals surface area contributed by atoms with E-state index in [1.54, 1.807) is 25.6 Å². The highest BCUT2D eigenvalue weighted by Crippen LogP contribution is 2.45. The first-order valence-corrected chi connectivity index (χ1v) is 9.57. The van der Waals surface area contributed by atoms with Gasteiger partial charge < -0.3 is 14.8 Å². The molecule has 0 saturated heterocycles. The molecule has 128 valence electrons. The van der Waals surface area contributed by atoms with Gasteiger partial charge in [0.2, 0.25) is 0 Å². The Balaban J connectivity index is 1.71. The van der Waals surface area contributed by atoms with E-state index in [0.29, 0.717) is 0 Å². The minimum absolute atomic E-state index is 0.840. The highest BCUT2D eigenvalue weighted by atomic mass is 79.9. The summed E-state index contributed by atoms with van der Waals surface area (Å²) in [6.45, 7) is 0. The van der Waals surface area contributed by atoms with Crippen LogP contribution in [-0.4, -0.2) is 19.2 Å². The third-order valence-corrected chi connectivity index (χ3v) is 6.09. The van der Waals surface area contributed by atoms with Gasteiger partial charge in [-0.1, -0.05) is 15.9 Å². The first kappa shape index (κ1) is 16.4. The number of thiazole rings is 1. The first-order chi connectivity index (χ1) is 12.2. The van der Waals surface area contributed by atoms with Gasteiger partial charge in [-0.2, -0.15) is 0 Å². The van der Waals surface area contributed by atoms with Crippen molar-refractivity contribution in [3.05, 3.63) is 51.3 Å². The Labute approximate surface area is 159 Å². The molecule has 6 heteroatoms. The highest BCUT2D eigenvalue weighted by molar-refractivity contribution is 9.10. The van der Waals surface area contributed by atoms with E-state index in [-0.39, 0.29) is 0 Å². The van der Waals surface area contributed by atoms with Crippen LogP contribution in [0.15, 0.2) is 40.9 Å². The van der Waals surface area contributed by atoms with E-state index in [4.69, 9.17) is 14.5 Å². The van der Waals surface area contributed by atoms with Crippen LogP contribution in [-0.2, 0) is 12.8 Å². The summed E-state index contributed by atoms with van der Waals surface area (Å²) in [4.78, 5) is 6.15. The van der Waals surface area contributed by atoms with Crippen LogP contribution in [0.25, 0.3) is 11.3 Å². The minimum Gasteiger partial charge on any atom is -0.497 e. The van der Waals surface area contributed by atoms with Gasteiger partial charge in [0.15, 0.2) is 5.13 Å². The Hall–Kier alpha value is -2.05. The summed E-state index contributed by atoms with van der Waals surface area (Å²) >= 11 is 5.37. The highest BCUT2D eigenvalue weighted by Gasteiger charge is 2.26. The summed E-state index contributed by atoms with van der Waals surface area (Å²) in [6.07, 6.45) is 1.99. The largest absolute Gasteiger partial charge is 0.497 e. The topological polar surface area (TPSA) is 43.4 Å². The van der Waals surface area contributed by atoms with Crippen molar-refractivity contribution in [3.63, 3.8) is 0 Å². The first-order valence-electron chi connectivity index (χ1n) is 7.96. The fourth-order valence-electron chi connectivity index (χ4n) is 3.08. The maximum atomic E-state index is 5.59. The number of hydrogen-bond acceptors (Lipinski definition) is 5. The molecular weight excluding hydrogens is 400 g/mol. The minimum atomic E-state index is 0.840. The number of fused-ring (bicyclic) bond motifs is 3. The third-order valence-electron chi connectivity index (χ3n) is 4.31. The van der Waals surface area contributed by atoms with Crippen LogP contribution in [0.2, 0.25) is 0 Å². The van der Waals surface area contributed by atoms with Crippen molar-refractivity contribution >= 4 is 38.1 Å². The van der Waals surface area contributed by atoms with Crippen LogP contribution in [0, 0.1) is 0 Å². The van der Waals surface area contributed by atoms with Gasteiger partial charge in [0.1, 0.15) is 11.5 Å². The van der Waals surface area contributed by atoms with Gasteiger partial charge in [-0.3, -0.25) is 0 Å². The van der Waals surface area contributed by atoms with E-state index in [1.807, 2.05) is 36.4 Å². The number of nitrogens with one attached hydrogen (secondary N) is 1. The van der Waals surface area contributed by atoms with Gasteiger partial charge in [-0.15, -0.1) is 11.3 Å². The van der Waals surface area contributed by atoms with Gasteiger partial charge in [0.25, 0.3) is 0 Å². The summed E-state index contributed by atoms with van der Waals surface area (Å²) in [5, 5.41) is 4.29. The molecule has 0 spiro atoms. The average molecular weight is 417 g/mol. The number of methoxy groups -OCH3 is 2. The van der Waals surface area contributed by atoms with Crippen LogP contribution < -0.4 is 14.8 Å². The molecule has 1 aliphatic carbocycles. The zero-order chi connectivity index (χ0) is 17.4. The number of hydrogen-bond donors (Lipinski definition) is 1. The second kappa shape index (κ2) is 6.69. The Morgan fingerprint density at radius 3 is 2.56 bits per heavy atom. The van der Waals surface area contributed by atoms with Crippen molar-refractivity contribution in [1.29, 1.82) is 0 Å². The number of anilines is 2. The summed E-state index contributed by atoms with van der Waals surface area (Å²) < 4.78 is 11.9.